The van der Waals surface area contributed by atoms with Gasteiger partial charge in [-0.3, -0.25) is 4.90 Å². The Bertz CT molecular complexity index is 728. The highest BCUT2D eigenvalue weighted by Gasteiger charge is 2.35. The van der Waals surface area contributed by atoms with E-state index in [2.05, 4.69) is 46.4 Å². The second-order valence-corrected chi connectivity index (χ2v) is 9.05. The van der Waals surface area contributed by atoms with Crippen molar-refractivity contribution in [1.82, 2.24) is 15.2 Å². The predicted molar refractivity (Wildman–Crippen MR) is 109 cm³/mol. The van der Waals surface area contributed by atoms with Crippen molar-refractivity contribution in [2.45, 2.75) is 51.8 Å². The summed E-state index contributed by atoms with van der Waals surface area (Å²) in [5, 5.41) is 5.98. The van der Waals surface area contributed by atoms with E-state index in [9.17, 15) is 4.79 Å². The highest BCUT2D eigenvalue weighted by atomic mass is 32.1. The van der Waals surface area contributed by atoms with Crippen LogP contribution in [-0.2, 0) is 4.74 Å². The van der Waals surface area contributed by atoms with Crippen molar-refractivity contribution in [3.8, 4) is 0 Å². The molecule has 0 radical (unpaired) electrons. The molecule has 1 aromatic carbocycles. The summed E-state index contributed by atoms with van der Waals surface area (Å²) in [6, 6.07) is 10.8. The average Bonchev–Trinajstić information content (AvgIpc) is 3.30. The number of hydrogen-bond donors (Lipinski definition) is 1. The van der Waals surface area contributed by atoms with Gasteiger partial charge in [0.25, 0.3) is 0 Å². The molecule has 1 amide bonds. The first-order chi connectivity index (χ1) is 12.8. The third kappa shape index (κ3) is 5.30. The molecule has 146 valence electrons. The van der Waals surface area contributed by atoms with E-state index in [1.807, 2.05) is 32.2 Å². The summed E-state index contributed by atoms with van der Waals surface area (Å²) in [5.41, 5.74) is 0.810. The van der Waals surface area contributed by atoms with Gasteiger partial charge in [-0.25, -0.2) is 9.78 Å². The van der Waals surface area contributed by atoms with Crippen LogP contribution in [0.2, 0.25) is 0 Å². The lowest BCUT2D eigenvalue weighted by Gasteiger charge is -2.28. The molecule has 1 fully saturated rings. The number of nitrogens with zero attached hydrogens (tertiary/aromatic N) is 2. The molecule has 3 atom stereocenters. The summed E-state index contributed by atoms with van der Waals surface area (Å²) < 4.78 is 5.48. The molecule has 5 nitrogen and oxygen atoms in total. The number of nitrogens with one attached hydrogen (secondary N) is 1. The van der Waals surface area contributed by atoms with Gasteiger partial charge in [0.05, 0.1) is 6.04 Å². The van der Waals surface area contributed by atoms with E-state index in [4.69, 9.17) is 4.74 Å². The van der Waals surface area contributed by atoms with Crippen molar-refractivity contribution >= 4 is 17.4 Å². The Morgan fingerprint density at radius 3 is 2.70 bits per heavy atom. The molecule has 0 saturated carbocycles. The zero-order valence-corrected chi connectivity index (χ0v) is 17.3. The second-order valence-electron chi connectivity index (χ2n) is 8.12. The van der Waals surface area contributed by atoms with Crippen LogP contribution in [0, 0.1) is 5.92 Å². The molecule has 1 aromatic heterocycles. The first-order valence-corrected chi connectivity index (χ1v) is 10.4. The normalized spacial score (nSPS) is 20.2. The first kappa shape index (κ1) is 19.8. The van der Waals surface area contributed by atoms with Gasteiger partial charge in [-0.2, -0.15) is 0 Å². The number of thiazole rings is 1. The van der Waals surface area contributed by atoms with E-state index in [0.29, 0.717) is 12.0 Å². The van der Waals surface area contributed by atoms with Crippen LogP contribution in [0.5, 0.6) is 0 Å². The second kappa shape index (κ2) is 8.40. The van der Waals surface area contributed by atoms with Gasteiger partial charge in [-0.15, -0.1) is 11.3 Å². The number of benzene rings is 1. The summed E-state index contributed by atoms with van der Waals surface area (Å²) in [7, 11) is 0. The summed E-state index contributed by atoms with van der Waals surface area (Å²) >= 11 is 1.58. The lowest BCUT2D eigenvalue weighted by molar-refractivity contribution is 0.0484. The highest BCUT2D eigenvalue weighted by Crippen LogP contribution is 2.35. The fourth-order valence-corrected chi connectivity index (χ4v) is 4.37. The first-order valence-electron chi connectivity index (χ1n) is 9.51. The van der Waals surface area contributed by atoms with Crippen molar-refractivity contribution in [3.05, 3.63) is 52.5 Å². The van der Waals surface area contributed by atoms with Crippen LogP contribution >= 0.6 is 11.3 Å². The monoisotopic (exact) mass is 387 g/mol. The Balaban J connectivity index is 1.70. The van der Waals surface area contributed by atoms with Gasteiger partial charge in [0.15, 0.2) is 0 Å². The molecule has 2 aromatic rings. The number of carbonyl (C=O) groups is 1. The minimum atomic E-state index is -0.513. The molecule has 3 rings (SSSR count). The molecule has 1 unspecified atom stereocenters. The molecule has 6 heteroatoms. The molecule has 2 heterocycles. The van der Waals surface area contributed by atoms with Crippen LogP contribution in [0.3, 0.4) is 0 Å². The highest BCUT2D eigenvalue weighted by molar-refractivity contribution is 7.09. The smallest absolute Gasteiger partial charge is 0.408 e. The number of carbonyl (C=O) groups excluding carboxylic acids is 1. The number of likely N-dealkylation sites (tertiary alicyclic amines) is 1. The van der Waals surface area contributed by atoms with Crippen molar-refractivity contribution in [1.29, 1.82) is 0 Å². The quantitative estimate of drug-likeness (QED) is 0.801. The van der Waals surface area contributed by atoms with Crippen molar-refractivity contribution in [3.63, 3.8) is 0 Å². The molecule has 0 bridgehead atoms. The Morgan fingerprint density at radius 2 is 2.07 bits per heavy atom. The number of amides is 1. The maximum atomic E-state index is 12.4. The fraction of sp³-hybridized carbons (Fsp3) is 0.524. The van der Waals surface area contributed by atoms with E-state index in [0.717, 1.165) is 24.5 Å². The average molecular weight is 388 g/mol. The van der Waals surface area contributed by atoms with E-state index in [1.165, 1.54) is 5.56 Å². The van der Waals surface area contributed by atoms with Gasteiger partial charge in [0.1, 0.15) is 10.6 Å². The van der Waals surface area contributed by atoms with E-state index in [-0.39, 0.29) is 12.1 Å². The van der Waals surface area contributed by atoms with Crippen LogP contribution < -0.4 is 5.32 Å². The summed E-state index contributed by atoms with van der Waals surface area (Å²) in [5.74, 6) is 0.315. The third-order valence-electron chi connectivity index (χ3n) is 4.95. The fourth-order valence-electron chi connectivity index (χ4n) is 3.59. The van der Waals surface area contributed by atoms with Gasteiger partial charge >= 0.3 is 6.09 Å². The molecule has 1 aliphatic rings. The van der Waals surface area contributed by atoms with E-state index >= 15 is 0 Å². The Labute approximate surface area is 165 Å². The maximum Gasteiger partial charge on any atom is 0.408 e. The van der Waals surface area contributed by atoms with E-state index in [1.54, 1.807) is 17.5 Å². The van der Waals surface area contributed by atoms with Crippen LogP contribution in [0.25, 0.3) is 0 Å². The summed E-state index contributed by atoms with van der Waals surface area (Å²) in [4.78, 5) is 19.3. The number of ether oxygens (including phenoxy) is 1. The summed E-state index contributed by atoms with van der Waals surface area (Å²) in [6.07, 6.45) is 2.44. The Hall–Kier alpha value is -1.92. The molecular weight excluding hydrogens is 358 g/mol. The molecule has 1 saturated heterocycles. The molecule has 0 aliphatic carbocycles. The lowest BCUT2D eigenvalue weighted by atomic mass is 9.99. The van der Waals surface area contributed by atoms with Crippen LogP contribution in [-0.4, -0.2) is 34.7 Å². The number of alkyl carbamates (subject to hydrolysis) is 1. The van der Waals surface area contributed by atoms with Crippen molar-refractivity contribution in [2.24, 2.45) is 5.92 Å². The molecule has 27 heavy (non-hydrogen) atoms. The number of hydrogen-bond acceptors (Lipinski definition) is 5. The van der Waals surface area contributed by atoms with Crippen LogP contribution in [0.15, 0.2) is 41.9 Å². The molecule has 1 N–H and O–H groups in total. The SMILES string of the molecule is C[C@H](c1ccccc1)N1CC[C@@H](C(NC(=O)OC(C)(C)C)c2nccs2)C1. The van der Waals surface area contributed by atoms with Crippen LogP contribution in [0.1, 0.15) is 56.8 Å². The number of rotatable bonds is 5. The van der Waals surface area contributed by atoms with Crippen LogP contribution in [0.4, 0.5) is 4.79 Å². The standard InChI is InChI=1S/C21H29N3O2S/c1-15(16-8-6-5-7-9-16)24-12-10-17(14-24)18(19-22-11-13-27-19)23-20(25)26-21(2,3)4/h5-9,11,13,15,17-18H,10,12,14H2,1-4H3,(H,23,25)/t15-,17-,18?/m1/s1. The largest absolute Gasteiger partial charge is 0.444 e. The van der Waals surface area contributed by atoms with E-state index < -0.39 is 5.60 Å². The van der Waals surface area contributed by atoms with Gasteiger partial charge in [0, 0.05) is 24.2 Å². The number of aromatic nitrogens is 1. The van der Waals surface area contributed by atoms with Gasteiger partial charge < -0.3 is 10.1 Å². The lowest BCUT2D eigenvalue weighted by Crippen LogP contribution is -2.38. The minimum absolute atomic E-state index is 0.118. The Kier molecular flexibility index (Phi) is 6.17. The molecular formula is C21H29N3O2S. The Morgan fingerprint density at radius 1 is 1.33 bits per heavy atom. The third-order valence-corrected chi connectivity index (χ3v) is 5.81. The van der Waals surface area contributed by atoms with Gasteiger partial charge in [0.2, 0.25) is 0 Å². The molecule has 1 aliphatic heterocycles. The van der Waals surface area contributed by atoms with Crippen molar-refractivity contribution < 1.29 is 9.53 Å². The molecule has 0 spiro atoms. The minimum Gasteiger partial charge on any atom is -0.444 e. The summed E-state index contributed by atoms with van der Waals surface area (Å²) in [6.45, 7) is 9.82. The predicted octanol–water partition coefficient (Wildman–Crippen LogP) is 4.79. The topological polar surface area (TPSA) is 54.5 Å². The van der Waals surface area contributed by atoms with Gasteiger partial charge in [-0.1, -0.05) is 30.3 Å². The van der Waals surface area contributed by atoms with Crippen molar-refractivity contribution in [2.75, 3.05) is 13.1 Å². The van der Waals surface area contributed by atoms with Gasteiger partial charge in [-0.05, 0) is 52.1 Å². The zero-order chi connectivity index (χ0) is 19.4. The maximum absolute atomic E-state index is 12.4. The zero-order valence-electron chi connectivity index (χ0n) is 16.5.